The summed E-state index contributed by atoms with van der Waals surface area (Å²) in [6.07, 6.45) is -0.703. The molecule has 2 aliphatic heterocycles. The molecule has 8 nitrogen and oxygen atoms in total. The van der Waals surface area contributed by atoms with E-state index in [9.17, 15) is 18.8 Å². The molecule has 0 bridgehead atoms. The van der Waals surface area contributed by atoms with Crippen molar-refractivity contribution in [2.75, 3.05) is 20.1 Å². The van der Waals surface area contributed by atoms with Crippen LogP contribution in [0, 0.1) is 5.82 Å². The van der Waals surface area contributed by atoms with Gasteiger partial charge in [-0.2, -0.15) is 0 Å². The minimum Gasteiger partial charge on any atom is -0.333 e. The zero-order valence-corrected chi connectivity index (χ0v) is 20.5. The average Bonchev–Trinajstić information content (AvgIpc) is 2.90. The van der Waals surface area contributed by atoms with Crippen molar-refractivity contribution < 1.29 is 18.8 Å². The number of hydrogen-bond donors (Lipinski definition) is 1. The zero-order chi connectivity index (χ0) is 25.9. The van der Waals surface area contributed by atoms with Crippen LogP contribution in [0.1, 0.15) is 22.7 Å². The standard InChI is InChI=1S/C28H28FN5O3/c1-31-19-25(35)33-24(34(31)28(37)30-16-20-12-14-23(29)15-13-20)18-32(17-21-8-4-2-5-9-21)27(36)26(33)22-10-6-3-7-11-22/h2-15,24,26H,16-19H2,1H3,(H,30,37)/t24-,26-/m0/s1. The van der Waals surface area contributed by atoms with Gasteiger partial charge in [0.2, 0.25) is 5.91 Å². The summed E-state index contributed by atoms with van der Waals surface area (Å²) in [4.78, 5) is 43.8. The van der Waals surface area contributed by atoms with E-state index in [1.165, 1.54) is 22.0 Å². The number of likely N-dealkylation sites (N-methyl/N-ethyl adjacent to an activating group) is 1. The number of carbonyl (C=O) groups excluding carboxylic acids is 3. The number of halogens is 1. The lowest BCUT2D eigenvalue weighted by atomic mass is 9.98. The minimum absolute atomic E-state index is 0.0459. The zero-order valence-electron chi connectivity index (χ0n) is 20.5. The van der Waals surface area contributed by atoms with Crippen LogP contribution < -0.4 is 5.32 Å². The van der Waals surface area contributed by atoms with Crippen LogP contribution >= 0.6 is 0 Å². The molecule has 3 aromatic rings. The van der Waals surface area contributed by atoms with Crippen molar-refractivity contribution >= 4 is 17.8 Å². The number of amides is 4. The molecular formula is C28H28FN5O3. The van der Waals surface area contributed by atoms with Crippen LogP contribution in [-0.2, 0) is 22.7 Å². The maximum Gasteiger partial charge on any atom is 0.334 e. The van der Waals surface area contributed by atoms with Crippen LogP contribution in [0.15, 0.2) is 84.9 Å². The molecule has 37 heavy (non-hydrogen) atoms. The second-order valence-corrected chi connectivity index (χ2v) is 9.24. The molecule has 2 aliphatic rings. The molecule has 2 atom stereocenters. The fourth-order valence-electron chi connectivity index (χ4n) is 4.96. The Kier molecular flexibility index (Phi) is 6.87. The van der Waals surface area contributed by atoms with Gasteiger partial charge in [0.05, 0.1) is 13.1 Å². The van der Waals surface area contributed by atoms with Gasteiger partial charge in [-0.1, -0.05) is 72.8 Å². The van der Waals surface area contributed by atoms with E-state index in [2.05, 4.69) is 5.32 Å². The number of hydrazine groups is 1. The van der Waals surface area contributed by atoms with Gasteiger partial charge in [-0.05, 0) is 28.8 Å². The molecule has 2 saturated heterocycles. The predicted octanol–water partition coefficient (Wildman–Crippen LogP) is 3.14. The number of carbonyl (C=O) groups is 3. The van der Waals surface area contributed by atoms with Crippen molar-refractivity contribution in [3.8, 4) is 0 Å². The predicted molar refractivity (Wildman–Crippen MR) is 135 cm³/mol. The number of nitrogens with zero attached hydrogens (tertiary/aromatic N) is 4. The van der Waals surface area contributed by atoms with E-state index in [1.807, 2.05) is 60.7 Å². The van der Waals surface area contributed by atoms with Crippen LogP contribution in [0.2, 0.25) is 0 Å². The minimum atomic E-state index is -0.850. The van der Waals surface area contributed by atoms with Gasteiger partial charge in [-0.3, -0.25) is 9.59 Å². The molecular weight excluding hydrogens is 473 g/mol. The Morgan fingerprint density at radius 1 is 0.919 bits per heavy atom. The molecule has 190 valence electrons. The fourth-order valence-corrected chi connectivity index (χ4v) is 4.96. The molecule has 0 aromatic heterocycles. The number of piperazine rings is 1. The highest BCUT2D eigenvalue weighted by Crippen LogP contribution is 2.35. The summed E-state index contributed by atoms with van der Waals surface area (Å²) < 4.78 is 13.3. The SMILES string of the molecule is CN1CC(=O)N2[C@@H](c3ccccc3)C(=O)N(Cc3ccccc3)C[C@@H]2N1C(=O)NCc1ccc(F)cc1. The normalized spacial score (nSPS) is 20.1. The third-order valence-corrected chi connectivity index (χ3v) is 6.73. The Labute approximate surface area is 214 Å². The van der Waals surface area contributed by atoms with Crippen molar-refractivity contribution in [3.05, 3.63) is 107 Å². The van der Waals surface area contributed by atoms with Crippen molar-refractivity contribution in [1.29, 1.82) is 0 Å². The average molecular weight is 502 g/mol. The largest absolute Gasteiger partial charge is 0.334 e. The number of fused-ring (bicyclic) bond motifs is 1. The number of rotatable bonds is 5. The summed E-state index contributed by atoms with van der Waals surface area (Å²) in [5, 5.41) is 5.97. The summed E-state index contributed by atoms with van der Waals surface area (Å²) >= 11 is 0. The Balaban J connectivity index is 1.46. The monoisotopic (exact) mass is 501 g/mol. The van der Waals surface area contributed by atoms with E-state index in [1.54, 1.807) is 29.1 Å². The first-order valence-electron chi connectivity index (χ1n) is 12.1. The maximum absolute atomic E-state index is 13.8. The topological polar surface area (TPSA) is 76.2 Å². The first kappa shape index (κ1) is 24.5. The molecule has 1 N–H and O–H groups in total. The van der Waals surface area contributed by atoms with E-state index in [4.69, 9.17) is 0 Å². The summed E-state index contributed by atoms with van der Waals surface area (Å²) in [5.74, 6) is -0.759. The van der Waals surface area contributed by atoms with Crippen LogP contribution in [-0.4, -0.2) is 64.0 Å². The van der Waals surface area contributed by atoms with Crippen molar-refractivity contribution in [3.63, 3.8) is 0 Å². The third kappa shape index (κ3) is 5.03. The van der Waals surface area contributed by atoms with Gasteiger partial charge in [-0.15, -0.1) is 0 Å². The Hall–Kier alpha value is -4.24. The fraction of sp³-hybridized carbons (Fsp3) is 0.250. The van der Waals surface area contributed by atoms with Crippen molar-refractivity contribution in [2.45, 2.75) is 25.3 Å². The number of benzene rings is 3. The molecule has 4 amide bonds. The van der Waals surface area contributed by atoms with Crippen molar-refractivity contribution in [1.82, 2.24) is 25.1 Å². The van der Waals surface area contributed by atoms with E-state index < -0.39 is 18.2 Å². The second-order valence-electron chi connectivity index (χ2n) is 9.24. The highest BCUT2D eigenvalue weighted by atomic mass is 19.1. The van der Waals surface area contributed by atoms with E-state index in [-0.39, 0.29) is 37.3 Å². The van der Waals surface area contributed by atoms with E-state index in [0.29, 0.717) is 12.1 Å². The Morgan fingerprint density at radius 3 is 2.24 bits per heavy atom. The van der Waals surface area contributed by atoms with Crippen LogP contribution in [0.3, 0.4) is 0 Å². The van der Waals surface area contributed by atoms with Gasteiger partial charge in [0.1, 0.15) is 18.0 Å². The summed E-state index contributed by atoms with van der Waals surface area (Å²) in [6, 6.07) is 23.5. The van der Waals surface area contributed by atoms with Crippen LogP contribution in [0.5, 0.6) is 0 Å². The highest BCUT2D eigenvalue weighted by Gasteiger charge is 2.51. The van der Waals surface area contributed by atoms with Gasteiger partial charge in [-0.25, -0.2) is 19.2 Å². The van der Waals surface area contributed by atoms with Gasteiger partial charge >= 0.3 is 6.03 Å². The lowest BCUT2D eigenvalue weighted by Crippen LogP contribution is -2.73. The summed E-state index contributed by atoms with van der Waals surface area (Å²) in [7, 11) is 1.68. The quantitative estimate of drug-likeness (QED) is 0.583. The Bertz CT molecular complexity index is 1270. The lowest BCUT2D eigenvalue weighted by Gasteiger charge is -2.54. The first-order chi connectivity index (χ1) is 17.9. The van der Waals surface area contributed by atoms with Crippen LogP contribution in [0.4, 0.5) is 9.18 Å². The molecule has 9 heteroatoms. The van der Waals surface area contributed by atoms with Gasteiger partial charge in [0.25, 0.3) is 5.91 Å². The molecule has 0 unspecified atom stereocenters. The molecule has 2 heterocycles. The van der Waals surface area contributed by atoms with E-state index in [0.717, 1.165) is 11.1 Å². The number of urea groups is 1. The molecule has 2 fully saturated rings. The summed E-state index contributed by atoms with van der Waals surface area (Å²) in [6.45, 7) is 0.669. The van der Waals surface area contributed by atoms with Crippen LogP contribution in [0.25, 0.3) is 0 Å². The first-order valence-corrected chi connectivity index (χ1v) is 12.1. The second kappa shape index (κ2) is 10.4. The smallest absolute Gasteiger partial charge is 0.333 e. The molecule has 0 saturated carbocycles. The molecule has 0 spiro atoms. The molecule has 0 aliphatic carbocycles. The maximum atomic E-state index is 13.8. The third-order valence-electron chi connectivity index (χ3n) is 6.73. The highest BCUT2D eigenvalue weighted by molar-refractivity contribution is 5.92. The van der Waals surface area contributed by atoms with Crippen molar-refractivity contribution in [2.24, 2.45) is 0 Å². The van der Waals surface area contributed by atoms with Gasteiger partial charge in [0, 0.05) is 20.1 Å². The molecule has 3 aromatic carbocycles. The molecule has 5 rings (SSSR count). The number of nitrogens with one attached hydrogen (secondary N) is 1. The lowest BCUT2D eigenvalue weighted by molar-refractivity contribution is -0.188. The van der Waals surface area contributed by atoms with Gasteiger partial charge < -0.3 is 15.1 Å². The number of hydrogen-bond acceptors (Lipinski definition) is 4. The Morgan fingerprint density at radius 2 is 1.57 bits per heavy atom. The van der Waals surface area contributed by atoms with E-state index >= 15 is 0 Å². The molecule has 0 radical (unpaired) electrons. The summed E-state index contributed by atoms with van der Waals surface area (Å²) in [5.41, 5.74) is 2.40. The van der Waals surface area contributed by atoms with Gasteiger partial charge in [0.15, 0.2) is 0 Å².